The second-order valence-corrected chi connectivity index (χ2v) is 10.1. The summed E-state index contributed by atoms with van der Waals surface area (Å²) in [7, 11) is 1.87. The van der Waals surface area contributed by atoms with Crippen molar-refractivity contribution >= 4 is 28.8 Å². The van der Waals surface area contributed by atoms with E-state index in [1.165, 1.54) is 12.5 Å². The Morgan fingerprint density at radius 3 is 2.65 bits per heavy atom. The van der Waals surface area contributed by atoms with Gasteiger partial charge in [-0.1, -0.05) is 19.2 Å². The number of hydrogen-bond donors (Lipinski definition) is 2. The molecule has 0 bridgehead atoms. The lowest BCUT2D eigenvalue weighted by molar-refractivity contribution is -0.117. The number of allylic oxidation sites excluding steroid dienone is 6. The van der Waals surface area contributed by atoms with Gasteiger partial charge in [0.05, 0.1) is 36.0 Å². The molecule has 5 rings (SSSR count). The summed E-state index contributed by atoms with van der Waals surface area (Å²) in [5.74, 6) is 1.17. The van der Waals surface area contributed by atoms with Crippen LogP contribution in [0.4, 0.5) is 11.4 Å². The third-order valence-corrected chi connectivity index (χ3v) is 7.36. The van der Waals surface area contributed by atoms with E-state index in [4.69, 9.17) is 0 Å². The normalized spacial score (nSPS) is 21.1. The van der Waals surface area contributed by atoms with Crippen molar-refractivity contribution in [3.05, 3.63) is 89.6 Å². The number of nitrogens with zero attached hydrogens (tertiary/aromatic N) is 4. The van der Waals surface area contributed by atoms with Gasteiger partial charge in [0.1, 0.15) is 0 Å². The topological polar surface area (TPSA) is 92.2 Å². The number of likely N-dealkylation sites (tertiary alicyclic amines) is 1. The summed E-state index contributed by atoms with van der Waals surface area (Å²) in [5, 5.41) is 10.1. The zero-order valence-corrected chi connectivity index (χ0v) is 21.5. The van der Waals surface area contributed by atoms with Crippen LogP contribution in [-0.4, -0.2) is 51.1 Å². The first-order valence-corrected chi connectivity index (χ1v) is 12.5. The average Bonchev–Trinajstić information content (AvgIpc) is 3.13. The molecule has 8 nitrogen and oxygen atoms in total. The largest absolute Gasteiger partial charge is 0.324 e. The number of aromatic nitrogens is 3. The molecule has 3 aliphatic rings. The summed E-state index contributed by atoms with van der Waals surface area (Å²) >= 11 is 0. The van der Waals surface area contributed by atoms with Crippen LogP contribution in [-0.2, 0) is 16.6 Å². The Morgan fingerprint density at radius 2 is 1.97 bits per heavy atom. The van der Waals surface area contributed by atoms with Crippen molar-refractivity contribution in [2.45, 2.75) is 20.3 Å². The number of pyridine rings is 1. The number of rotatable bonds is 8. The molecule has 2 amide bonds. The minimum Gasteiger partial charge on any atom is -0.324 e. The lowest BCUT2D eigenvalue weighted by Crippen LogP contribution is -2.32. The van der Waals surface area contributed by atoms with Gasteiger partial charge >= 0.3 is 0 Å². The molecule has 8 heteroatoms. The lowest BCUT2D eigenvalue weighted by Gasteiger charge is -2.17. The second kappa shape index (κ2) is 9.78. The number of piperidine rings is 1. The highest BCUT2D eigenvalue weighted by atomic mass is 16.2. The van der Waals surface area contributed by atoms with E-state index in [-0.39, 0.29) is 16.1 Å². The van der Waals surface area contributed by atoms with E-state index < -0.39 is 0 Å². The summed E-state index contributed by atoms with van der Waals surface area (Å²) < 4.78 is 1.75. The maximum absolute atomic E-state index is 13.2. The molecule has 1 saturated carbocycles. The molecule has 196 valence electrons. The molecule has 2 aromatic rings. The van der Waals surface area contributed by atoms with Crippen molar-refractivity contribution in [1.82, 2.24) is 19.7 Å². The predicted octanol–water partition coefficient (Wildman–Crippen LogP) is 4.77. The van der Waals surface area contributed by atoms with Gasteiger partial charge < -0.3 is 10.6 Å². The van der Waals surface area contributed by atoms with Crippen molar-refractivity contribution in [1.29, 1.82) is 0 Å². The molecule has 3 heterocycles. The van der Waals surface area contributed by atoms with Crippen molar-refractivity contribution in [2.75, 3.05) is 30.3 Å². The molecule has 2 unspecified atom stereocenters. The summed E-state index contributed by atoms with van der Waals surface area (Å²) in [6.07, 6.45) is 12.0. The highest BCUT2D eigenvalue weighted by molar-refractivity contribution is 6.07. The lowest BCUT2D eigenvalue weighted by atomic mass is 10.0. The number of nitrogens with one attached hydrogen (secondary N) is 2. The molecule has 2 atom stereocenters. The van der Waals surface area contributed by atoms with E-state index >= 15 is 0 Å². The predicted molar refractivity (Wildman–Crippen MR) is 152 cm³/mol. The summed E-state index contributed by atoms with van der Waals surface area (Å²) in [6.45, 7) is 14.2. The zero-order chi connectivity index (χ0) is 26.3. The summed E-state index contributed by atoms with van der Waals surface area (Å²) in [6, 6.07) is 1.74. The Bertz CT molecular complexity index is 1410. The van der Waals surface area contributed by atoms with E-state index in [2.05, 4.69) is 38.8 Å². The molecule has 1 saturated heterocycles. The van der Waals surface area contributed by atoms with Crippen LogP contribution in [0.15, 0.2) is 78.3 Å². The van der Waals surface area contributed by atoms with Crippen LogP contribution in [0.3, 0.4) is 0 Å². The molecule has 2 aromatic heterocycles. The fourth-order valence-electron chi connectivity index (χ4n) is 5.03. The second-order valence-electron chi connectivity index (χ2n) is 10.1. The van der Waals surface area contributed by atoms with E-state index in [1.54, 1.807) is 29.2 Å². The highest BCUT2D eigenvalue weighted by Gasteiger charge is 2.45. The van der Waals surface area contributed by atoms with Crippen molar-refractivity contribution in [3.63, 3.8) is 0 Å². The molecule has 0 aromatic carbocycles. The number of fused-ring (bicyclic) bond motifs is 1. The molecule has 2 aliphatic carbocycles. The van der Waals surface area contributed by atoms with E-state index in [0.29, 0.717) is 29.2 Å². The van der Waals surface area contributed by atoms with Crippen LogP contribution in [0.1, 0.15) is 28.9 Å². The first-order valence-electron chi connectivity index (χ1n) is 12.5. The summed E-state index contributed by atoms with van der Waals surface area (Å²) in [5.41, 5.74) is 6.88. The SMILES string of the molecule is C=C/C(=C\C1=C(C)C(=C)C(c2cnn(C)c2)=C1)C(=O)Nc1cc(NC(=O)CN2CC3CC3C2)cnc1C.[HH].[HH].[HH]. The van der Waals surface area contributed by atoms with Gasteiger partial charge in [-0.15, -0.1) is 0 Å². The standard InChI is InChI=1S/C29H32N6O2.3H2/c1-6-20(7-21-9-26(18(3)17(21)2)24-11-31-34(5)13-24)29(37)33-27-10-25(12-30-19(27)4)32-28(36)16-35-14-22-8-23(22)15-35;;;/h6-7,9-13,22-23H,1,3,8,14-16H2,2,4-5H3,(H,32,36)(H,33,37);3*1H/b20-7+;;;. The zero-order valence-electron chi connectivity index (χ0n) is 21.5. The van der Waals surface area contributed by atoms with Crippen LogP contribution in [0.2, 0.25) is 0 Å². The number of carbonyl (C=O) groups excluding carboxylic acids is 2. The fraction of sp³-hybridized carbons (Fsp3) is 0.310. The van der Waals surface area contributed by atoms with Crippen LogP contribution < -0.4 is 10.6 Å². The third kappa shape index (κ3) is 5.24. The number of amides is 2. The molecule has 2 fully saturated rings. The number of hydrogen-bond acceptors (Lipinski definition) is 5. The van der Waals surface area contributed by atoms with E-state index in [0.717, 1.165) is 52.8 Å². The van der Waals surface area contributed by atoms with E-state index in [1.807, 2.05) is 33.2 Å². The molecule has 0 radical (unpaired) electrons. The maximum atomic E-state index is 13.2. The van der Waals surface area contributed by atoms with Gasteiger partial charge in [-0.3, -0.25) is 24.2 Å². The quantitative estimate of drug-likeness (QED) is 0.401. The molecule has 1 aliphatic heterocycles. The number of anilines is 2. The number of carbonyl (C=O) groups is 2. The van der Waals surface area contributed by atoms with Crippen molar-refractivity contribution in [3.8, 4) is 0 Å². The van der Waals surface area contributed by atoms with Gasteiger partial charge in [-0.25, -0.2) is 0 Å². The van der Waals surface area contributed by atoms with Crippen LogP contribution in [0.25, 0.3) is 5.57 Å². The molecule has 2 N–H and O–H groups in total. The highest BCUT2D eigenvalue weighted by Crippen LogP contribution is 2.44. The molecule has 37 heavy (non-hydrogen) atoms. The van der Waals surface area contributed by atoms with Gasteiger partial charge in [-0.2, -0.15) is 5.10 Å². The van der Waals surface area contributed by atoms with Crippen LogP contribution in [0.5, 0.6) is 0 Å². The molecule has 0 spiro atoms. The fourth-order valence-corrected chi connectivity index (χ4v) is 5.03. The Kier molecular flexibility index (Phi) is 6.52. The minimum absolute atomic E-state index is 0. The maximum Gasteiger partial charge on any atom is 0.255 e. The number of aryl methyl sites for hydroxylation is 2. The first kappa shape index (κ1) is 24.6. The van der Waals surface area contributed by atoms with Crippen molar-refractivity contribution < 1.29 is 13.9 Å². The van der Waals surface area contributed by atoms with Crippen LogP contribution >= 0.6 is 0 Å². The van der Waals surface area contributed by atoms with Gasteiger partial charge in [0.2, 0.25) is 5.91 Å². The van der Waals surface area contributed by atoms with E-state index in [9.17, 15) is 9.59 Å². The van der Waals surface area contributed by atoms with Gasteiger partial charge in [-0.05, 0) is 72.6 Å². The molecular weight excluding hydrogens is 464 g/mol. The van der Waals surface area contributed by atoms with Gasteiger partial charge in [0, 0.05) is 41.8 Å². The first-order chi connectivity index (χ1) is 17.7. The Hall–Kier alpha value is -4.04. The Labute approximate surface area is 221 Å². The summed E-state index contributed by atoms with van der Waals surface area (Å²) in [4.78, 5) is 32.3. The smallest absolute Gasteiger partial charge is 0.255 e. The van der Waals surface area contributed by atoms with Gasteiger partial charge in [0.25, 0.3) is 5.91 Å². The monoisotopic (exact) mass is 502 g/mol. The Morgan fingerprint density at radius 1 is 1.22 bits per heavy atom. The van der Waals surface area contributed by atoms with Gasteiger partial charge in [0.15, 0.2) is 0 Å². The average molecular weight is 503 g/mol. The van der Waals surface area contributed by atoms with Crippen LogP contribution in [0, 0.1) is 18.8 Å². The van der Waals surface area contributed by atoms with Crippen molar-refractivity contribution in [2.24, 2.45) is 18.9 Å². The third-order valence-electron chi connectivity index (χ3n) is 7.36. The minimum atomic E-state index is -0.311. The Balaban J connectivity index is 0.00000187. The molecular formula is C29H38N6O2.